The van der Waals surface area contributed by atoms with E-state index in [2.05, 4.69) is 9.97 Å². The molecule has 3 rings (SSSR count). The van der Waals surface area contributed by atoms with Gasteiger partial charge >= 0.3 is 6.18 Å². The second-order valence-corrected chi connectivity index (χ2v) is 8.00. The van der Waals surface area contributed by atoms with Gasteiger partial charge in [0.2, 0.25) is 11.8 Å². The van der Waals surface area contributed by atoms with Crippen molar-refractivity contribution in [2.24, 2.45) is 5.41 Å². The maximum atomic E-state index is 12.6. The summed E-state index contributed by atoms with van der Waals surface area (Å²) in [6.45, 7) is 1.12. The van der Waals surface area contributed by atoms with Gasteiger partial charge in [-0.05, 0) is 31.1 Å². The third-order valence-electron chi connectivity index (χ3n) is 5.72. The van der Waals surface area contributed by atoms with E-state index in [4.69, 9.17) is 0 Å². The van der Waals surface area contributed by atoms with E-state index in [9.17, 15) is 27.9 Å². The summed E-state index contributed by atoms with van der Waals surface area (Å²) in [5, 5.41) is 10.3. The molecule has 160 valence electrons. The molecule has 1 aromatic rings. The van der Waals surface area contributed by atoms with Gasteiger partial charge in [-0.2, -0.15) is 13.2 Å². The third-order valence-corrected chi connectivity index (χ3v) is 5.72. The molecule has 2 aliphatic rings. The van der Waals surface area contributed by atoms with Crippen LogP contribution in [0.1, 0.15) is 37.8 Å². The summed E-state index contributed by atoms with van der Waals surface area (Å²) in [6, 6.07) is 0. The fourth-order valence-corrected chi connectivity index (χ4v) is 4.27. The molecule has 1 spiro atoms. The van der Waals surface area contributed by atoms with E-state index >= 15 is 0 Å². The number of halogens is 3. The van der Waals surface area contributed by atoms with Crippen molar-refractivity contribution in [3.05, 3.63) is 24.3 Å². The number of amides is 2. The standard InChI is InChI=1S/C19H25F3N4O3/c20-19(21,22)10-17(29)25-7-3-18(4-8-25)9-15(27)12-26(13-18)16(28)2-1-14-11-23-5-6-24-14/h5-6,11,15,27H,1-4,7-10,12-13H2. The summed E-state index contributed by atoms with van der Waals surface area (Å²) in [4.78, 5) is 35.5. The lowest BCUT2D eigenvalue weighted by Gasteiger charge is -2.49. The molecule has 7 nitrogen and oxygen atoms in total. The van der Waals surface area contributed by atoms with E-state index in [1.54, 1.807) is 23.5 Å². The Labute approximate surface area is 166 Å². The fraction of sp³-hybridized carbons (Fsp3) is 0.684. The van der Waals surface area contributed by atoms with Crippen molar-refractivity contribution in [3.63, 3.8) is 0 Å². The molecular weight excluding hydrogens is 389 g/mol. The predicted octanol–water partition coefficient (Wildman–Crippen LogP) is 1.56. The van der Waals surface area contributed by atoms with Crippen molar-refractivity contribution >= 4 is 11.8 Å². The smallest absolute Gasteiger partial charge is 0.391 e. The number of rotatable bonds is 4. The first-order valence-corrected chi connectivity index (χ1v) is 9.71. The van der Waals surface area contributed by atoms with Gasteiger partial charge in [0.25, 0.3) is 0 Å². The van der Waals surface area contributed by atoms with E-state index in [0.29, 0.717) is 37.9 Å². The second kappa shape index (κ2) is 8.64. The molecular formula is C19H25F3N4O3. The van der Waals surface area contributed by atoms with Crippen LogP contribution in [0, 0.1) is 5.41 Å². The number of carbonyl (C=O) groups excluding carboxylic acids is 2. The molecule has 0 aliphatic carbocycles. The van der Waals surface area contributed by atoms with Gasteiger partial charge in [0.15, 0.2) is 0 Å². The first-order chi connectivity index (χ1) is 13.7. The summed E-state index contributed by atoms with van der Waals surface area (Å²) in [5.41, 5.74) is 0.346. The molecule has 0 aromatic carbocycles. The van der Waals surface area contributed by atoms with Gasteiger partial charge in [-0.25, -0.2) is 0 Å². The molecule has 1 N–H and O–H groups in total. The molecule has 0 bridgehead atoms. The number of carbonyl (C=O) groups is 2. The number of aryl methyl sites for hydroxylation is 1. The highest BCUT2D eigenvalue weighted by atomic mass is 19.4. The average molecular weight is 414 g/mol. The van der Waals surface area contributed by atoms with E-state index < -0.39 is 24.6 Å². The number of aliphatic hydroxyl groups excluding tert-OH is 1. The molecule has 2 fully saturated rings. The van der Waals surface area contributed by atoms with Crippen LogP contribution in [0.2, 0.25) is 0 Å². The summed E-state index contributed by atoms with van der Waals surface area (Å²) >= 11 is 0. The summed E-state index contributed by atoms with van der Waals surface area (Å²) in [5.74, 6) is -1.01. The van der Waals surface area contributed by atoms with Crippen LogP contribution in [0.25, 0.3) is 0 Å². The lowest BCUT2D eigenvalue weighted by Crippen LogP contribution is -2.56. The van der Waals surface area contributed by atoms with Crippen LogP contribution in [-0.4, -0.2) is 75.1 Å². The van der Waals surface area contributed by atoms with Crippen LogP contribution < -0.4 is 0 Å². The summed E-state index contributed by atoms with van der Waals surface area (Å²) in [7, 11) is 0. The number of β-amino-alcohol motifs (C(OH)–C–C–N with tert-alkyl or cyclic N) is 1. The molecule has 1 atom stereocenters. The maximum Gasteiger partial charge on any atom is 0.397 e. The largest absolute Gasteiger partial charge is 0.397 e. The van der Waals surface area contributed by atoms with Gasteiger partial charge in [0, 0.05) is 51.2 Å². The second-order valence-electron chi connectivity index (χ2n) is 8.00. The molecule has 3 heterocycles. The quantitative estimate of drug-likeness (QED) is 0.808. The number of piperidine rings is 2. The van der Waals surface area contributed by atoms with Crippen LogP contribution in [-0.2, 0) is 16.0 Å². The van der Waals surface area contributed by atoms with Gasteiger partial charge in [0.1, 0.15) is 6.42 Å². The Morgan fingerprint density at radius 2 is 1.90 bits per heavy atom. The van der Waals surface area contributed by atoms with Crippen molar-refractivity contribution in [2.45, 2.75) is 50.8 Å². The lowest BCUT2D eigenvalue weighted by molar-refractivity contribution is -0.164. The van der Waals surface area contributed by atoms with E-state index in [1.165, 1.54) is 4.90 Å². The van der Waals surface area contributed by atoms with Crippen LogP contribution >= 0.6 is 0 Å². The highest BCUT2D eigenvalue weighted by Crippen LogP contribution is 2.40. The summed E-state index contributed by atoms with van der Waals surface area (Å²) < 4.78 is 37.4. The van der Waals surface area contributed by atoms with Gasteiger partial charge in [0.05, 0.1) is 11.8 Å². The Bertz CT molecular complexity index is 721. The number of hydrogen-bond donors (Lipinski definition) is 1. The van der Waals surface area contributed by atoms with Crippen LogP contribution in [0.15, 0.2) is 18.6 Å². The zero-order valence-corrected chi connectivity index (χ0v) is 16.1. The Kier molecular flexibility index (Phi) is 6.40. The highest BCUT2D eigenvalue weighted by Gasteiger charge is 2.44. The summed E-state index contributed by atoms with van der Waals surface area (Å²) in [6.07, 6.45) is 0.217. The number of hydrogen-bond acceptors (Lipinski definition) is 5. The SMILES string of the molecule is O=C(CC(F)(F)F)N1CCC2(CC1)CC(O)CN(C(=O)CCc1cnccn1)C2. The van der Waals surface area contributed by atoms with Crippen molar-refractivity contribution in [1.82, 2.24) is 19.8 Å². The molecule has 10 heteroatoms. The van der Waals surface area contributed by atoms with Crippen LogP contribution in [0.4, 0.5) is 13.2 Å². The number of aromatic nitrogens is 2. The Morgan fingerprint density at radius 1 is 1.17 bits per heavy atom. The Hall–Kier alpha value is -2.23. The van der Waals surface area contributed by atoms with Gasteiger partial charge in [-0.3, -0.25) is 19.6 Å². The van der Waals surface area contributed by atoms with Gasteiger partial charge < -0.3 is 14.9 Å². The van der Waals surface area contributed by atoms with Gasteiger partial charge in [-0.15, -0.1) is 0 Å². The molecule has 1 unspecified atom stereocenters. The number of nitrogens with zero attached hydrogens (tertiary/aromatic N) is 4. The minimum Gasteiger partial charge on any atom is -0.391 e. The van der Waals surface area contributed by atoms with Crippen LogP contribution in [0.5, 0.6) is 0 Å². The average Bonchev–Trinajstić information content (AvgIpc) is 2.65. The fourth-order valence-electron chi connectivity index (χ4n) is 4.27. The topological polar surface area (TPSA) is 86.6 Å². The molecule has 2 aliphatic heterocycles. The molecule has 1 aromatic heterocycles. The van der Waals surface area contributed by atoms with E-state index in [1.807, 2.05) is 0 Å². The highest BCUT2D eigenvalue weighted by molar-refractivity contribution is 5.77. The van der Waals surface area contributed by atoms with E-state index in [0.717, 1.165) is 0 Å². The lowest BCUT2D eigenvalue weighted by atomic mass is 9.71. The van der Waals surface area contributed by atoms with Gasteiger partial charge in [-0.1, -0.05) is 0 Å². The molecule has 29 heavy (non-hydrogen) atoms. The molecule has 0 radical (unpaired) electrons. The van der Waals surface area contributed by atoms with Crippen molar-refractivity contribution in [3.8, 4) is 0 Å². The number of aliphatic hydroxyl groups is 1. The molecule has 0 saturated carbocycles. The molecule has 2 amide bonds. The number of likely N-dealkylation sites (tertiary alicyclic amines) is 2. The Morgan fingerprint density at radius 3 is 2.52 bits per heavy atom. The zero-order chi connectivity index (χ0) is 21.1. The van der Waals surface area contributed by atoms with Crippen molar-refractivity contribution in [2.75, 3.05) is 26.2 Å². The number of alkyl halides is 3. The first-order valence-electron chi connectivity index (χ1n) is 9.71. The zero-order valence-electron chi connectivity index (χ0n) is 16.1. The Balaban J connectivity index is 1.55. The van der Waals surface area contributed by atoms with Crippen LogP contribution in [0.3, 0.4) is 0 Å². The van der Waals surface area contributed by atoms with Crippen molar-refractivity contribution < 1.29 is 27.9 Å². The normalized spacial score (nSPS) is 22.0. The third kappa shape index (κ3) is 5.88. The maximum absolute atomic E-state index is 12.6. The van der Waals surface area contributed by atoms with E-state index in [-0.39, 0.29) is 37.4 Å². The minimum absolute atomic E-state index is 0.0932. The van der Waals surface area contributed by atoms with Crippen molar-refractivity contribution in [1.29, 1.82) is 0 Å². The first kappa shape index (κ1) is 21.5. The predicted molar refractivity (Wildman–Crippen MR) is 96.5 cm³/mol. The molecule has 2 saturated heterocycles. The minimum atomic E-state index is -4.51. The monoisotopic (exact) mass is 414 g/mol.